The number of benzene rings is 3. The summed E-state index contributed by atoms with van der Waals surface area (Å²) < 4.78 is 12.2. The number of ether oxygens (including phenoxy) is 2. The molecule has 0 unspecified atom stereocenters. The van der Waals surface area contributed by atoms with Crippen molar-refractivity contribution in [2.75, 3.05) is 18.1 Å². The Balaban J connectivity index is 1.49. The maximum atomic E-state index is 13.6. The number of aromatic nitrogens is 2. The first-order valence-corrected chi connectivity index (χ1v) is 16.1. The van der Waals surface area contributed by atoms with Crippen molar-refractivity contribution in [2.45, 2.75) is 49.2 Å². The third-order valence-corrected chi connectivity index (χ3v) is 8.94. The normalized spacial score (nSPS) is 16.0. The number of anilines is 1. The van der Waals surface area contributed by atoms with Gasteiger partial charge in [-0.05, 0) is 60.4 Å². The van der Waals surface area contributed by atoms with Crippen LogP contribution in [0.4, 0.5) is 5.13 Å². The summed E-state index contributed by atoms with van der Waals surface area (Å²) >= 11 is 2.74. The lowest BCUT2D eigenvalue weighted by Gasteiger charge is -2.22. The second kappa shape index (κ2) is 14.3. The van der Waals surface area contributed by atoms with E-state index in [2.05, 4.69) is 17.1 Å². The Labute approximate surface area is 259 Å². The molecule has 0 saturated carbocycles. The molecule has 0 aliphatic carbocycles. The molecule has 8 nitrogen and oxygen atoms in total. The number of carbonyl (C=O) groups excluding carboxylic acids is 2. The lowest BCUT2D eigenvalue weighted by molar-refractivity contribution is -0.132. The maximum absolute atomic E-state index is 13.6. The Morgan fingerprint density at radius 2 is 1.56 bits per heavy atom. The number of hydrogen-bond donors (Lipinski definition) is 1. The van der Waals surface area contributed by atoms with Crippen LogP contribution in [0.25, 0.3) is 5.76 Å². The SMILES string of the molecule is CCCCOc1ccc(C(O)=C2C(=O)C(=O)N(c3nnc(SCc4ccccc4)s3)[C@@H]2c2ccc(OCCC)cc2)cc1. The van der Waals surface area contributed by atoms with Gasteiger partial charge in [0.2, 0.25) is 5.13 Å². The van der Waals surface area contributed by atoms with Crippen molar-refractivity contribution in [1.82, 2.24) is 10.2 Å². The van der Waals surface area contributed by atoms with Crippen molar-refractivity contribution >= 4 is 45.7 Å². The van der Waals surface area contributed by atoms with Crippen LogP contribution >= 0.6 is 23.1 Å². The quantitative estimate of drug-likeness (QED) is 0.0414. The summed E-state index contributed by atoms with van der Waals surface area (Å²) in [7, 11) is 0. The minimum Gasteiger partial charge on any atom is -0.507 e. The standard InChI is InChI=1S/C33H33N3O5S2/c1-3-5-20-41-26-17-13-24(14-18-26)29(37)27-28(23-11-15-25(16-12-23)40-19-4-2)36(31(39)30(27)38)32-34-35-33(43-32)42-21-22-9-7-6-8-10-22/h6-18,28,37H,3-5,19-21H2,1-2H3/t28-/m1/s1. The Morgan fingerprint density at radius 3 is 2.23 bits per heavy atom. The number of unbranched alkanes of at least 4 members (excludes halogenated alkanes) is 1. The molecular formula is C33H33N3O5S2. The van der Waals surface area contributed by atoms with E-state index in [1.165, 1.54) is 28.0 Å². The van der Waals surface area contributed by atoms with Gasteiger partial charge in [0.1, 0.15) is 17.3 Å². The highest BCUT2D eigenvalue weighted by Crippen LogP contribution is 2.44. The third-order valence-electron chi connectivity index (χ3n) is 6.81. The molecule has 1 N–H and O–H groups in total. The Bertz CT molecular complexity index is 1570. The second-order valence-corrected chi connectivity index (χ2v) is 12.1. The van der Waals surface area contributed by atoms with Crippen LogP contribution in [-0.2, 0) is 15.3 Å². The monoisotopic (exact) mass is 615 g/mol. The molecule has 2 heterocycles. The predicted molar refractivity (Wildman–Crippen MR) is 170 cm³/mol. The number of aliphatic hydroxyl groups excluding tert-OH is 1. The molecule has 4 aromatic rings. The Kier molecular flexibility index (Phi) is 10.1. The van der Waals surface area contributed by atoms with Crippen LogP contribution < -0.4 is 14.4 Å². The summed E-state index contributed by atoms with van der Waals surface area (Å²) in [5, 5.41) is 20.4. The van der Waals surface area contributed by atoms with Crippen molar-refractivity contribution in [3.05, 3.63) is 101 Å². The molecule has 1 amide bonds. The van der Waals surface area contributed by atoms with E-state index in [0.717, 1.165) is 24.8 Å². The van der Waals surface area contributed by atoms with E-state index < -0.39 is 17.7 Å². The van der Waals surface area contributed by atoms with Crippen LogP contribution in [0.5, 0.6) is 11.5 Å². The topological polar surface area (TPSA) is 102 Å². The Hall–Kier alpha value is -4.15. The van der Waals surface area contributed by atoms with Crippen LogP contribution in [0.3, 0.4) is 0 Å². The highest BCUT2D eigenvalue weighted by molar-refractivity contribution is 8.00. The van der Waals surface area contributed by atoms with E-state index in [1.807, 2.05) is 37.3 Å². The number of hydrogen-bond acceptors (Lipinski definition) is 9. The molecule has 1 aliphatic rings. The van der Waals surface area contributed by atoms with Crippen LogP contribution in [0, 0.1) is 0 Å². The summed E-state index contributed by atoms with van der Waals surface area (Å²) in [6.45, 7) is 5.29. The number of rotatable bonds is 13. The van der Waals surface area contributed by atoms with Gasteiger partial charge >= 0.3 is 5.91 Å². The predicted octanol–water partition coefficient (Wildman–Crippen LogP) is 7.42. The van der Waals surface area contributed by atoms with Gasteiger partial charge < -0.3 is 14.6 Å². The lowest BCUT2D eigenvalue weighted by Crippen LogP contribution is -2.29. The van der Waals surface area contributed by atoms with Gasteiger partial charge in [0.25, 0.3) is 5.78 Å². The molecule has 1 aromatic heterocycles. The zero-order chi connectivity index (χ0) is 30.2. The van der Waals surface area contributed by atoms with E-state index >= 15 is 0 Å². The summed E-state index contributed by atoms with van der Waals surface area (Å²) in [5.74, 6) is 0.213. The number of Topliss-reactive ketones (excluding diaryl/α,β-unsaturated/α-hetero) is 1. The minimum absolute atomic E-state index is 0.0134. The van der Waals surface area contributed by atoms with Crippen LogP contribution in [0.1, 0.15) is 55.8 Å². The molecular weight excluding hydrogens is 583 g/mol. The number of thioether (sulfide) groups is 1. The molecule has 5 rings (SSSR count). The molecule has 1 saturated heterocycles. The molecule has 1 fully saturated rings. The fourth-order valence-corrected chi connectivity index (χ4v) is 6.41. The summed E-state index contributed by atoms with van der Waals surface area (Å²) in [6.07, 6.45) is 2.82. The number of ketones is 1. The first-order valence-electron chi connectivity index (χ1n) is 14.3. The Morgan fingerprint density at radius 1 is 0.884 bits per heavy atom. The van der Waals surface area contributed by atoms with Gasteiger partial charge in [-0.2, -0.15) is 0 Å². The van der Waals surface area contributed by atoms with E-state index in [1.54, 1.807) is 48.5 Å². The van der Waals surface area contributed by atoms with Gasteiger partial charge in [0, 0.05) is 11.3 Å². The van der Waals surface area contributed by atoms with E-state index in [0.29, 0.717) is 45.9 Å². The van der Waals surface area contributed by atoms with Crippen molar-refractivity contribution in [2.24, 2.45) is 0 Å². The first-order chi connectivity index (χ1) is 21.0. The summed E-state index contributed by atoms with van der Waals surface area (Å²) in [6, 6.07) is 23.2. The maximum Gasteiger partial charge on any atom is 0.301 e. The molecule has 0 bridgehead atoms. The zero-order valence-electron chi connectivity index (χ0n) is 24.1. The smallest absolute Gasteiger partial charge is 0.301 e. The van der Waals surface area contributed by atoms with Crippen LogP contribution in [0.2, 0.25) is 0 Å². The van der Waals surface area contributed by atoms with Crippen molar-refractivity contribution in [3.8, 4) is 11.5 Å². The lowest BCUT2D eigenvalue weighted by atomic mass is 9.95. The molecule has 10 heteroatoms. The second-order valence-electron chi connectivity index (χ2n) is 9.94. The van der Waals surface area contributed by atoms with Gasteiger partial charge in [-0.3, -0.25) is 14.5 Å². The average Bonchev–Trinajstić information content (AvgIpc) is 3.61. The number of amides is 1. The van der Waals surface area contributed by atoms with Crippen molar-refractivity contribution in [1.29, 1.82) is 0 Å². The number of aliphatic hydroxyl groups is 1. The van der Waals surface area contributed by atoms with E-state index in [4.69, 9.17) is 9.47 Å². The first kappa shape index (κ1) is 30.3. The fraction of sp³-hybridized carbons (Fsp3) is 0.273. The van der Waals surface area contributed by atoms with Gasteiger partial charge in [-0.15, -0.1) is 10.2 Å². The number of nitrogens with zero attached hydrogens (tertiary/aromatic N) is 3. The van der Waals surface area contributed by atoms with Crippen LogP contribution in [0.15, 0.2) is 88.8 Å². The zero-order valence-corrected chi connectivity index (χ0v) is 25.7. The largest absolute Gasteiger partial charge is 0.507 e. The molecule has 43 heavy (non-hydrogen) atoms. The average molecular weight is 616 g/mol. The van der Waals surface area contributed by atoms with Crippen molar-refractivity contribution in [3.63, 3.8) is 0 Å². The summed E-state index contributed by atoms with van der Waals surface area (Å²) in [5.41, 5.74) is 2.17. The highest BCUT2D eigenvalue weighted by atomic mass is 32.2. The number of carbonyl (C=O) groups is 2. The van der Waals surface area contributed by atoms with Gasteiger partial charge in [0.15, 0.2) is 4.34 Å². The fourth-order valence-electron chi connectivity index (χ4n) is 4.59. The highest BCUT2D eigenvalue weighted by Gasteiger charge is 2.48. The minimum atomic E-state index is -0.902. The van der Waals surface area contributed by atoms with Gasteiger partial charge in [-0.1, -0.05) is 85.8 Å². The third kappa shape index (κ3) is 7.09. The molecule has 1 atom stereocenters. The molecule has 3 aromatic carbocycles. The summed E-state index contributed by atoms with van der Waals surface area (Å²) in [4.78, 5) is 28.4. The van der Waals surface area contributed by atoms with Gasteiger partial charge in [0.05, 0.1) is 24.8 Å². The van der Waals surface area contributed by atoms with Crippen LogP contribution in [-0.4, -0.2) is 40.2 Å². The van der Waals surface area contributed by atoms with Crippen molar-refractivity contribution < 1.29 is 24.2 Å². The molecule has 0 radical (unpaired) electrons. The van der Waals surface area contributed by atoms with Gasteiger partial charge in [-0.25, -0.2) is 0 Å². The van der Waals surface area contributed by atoms with E-state index in [9.17, 15) is 14.7 Å². The molecule has 1 aliphatic heterocycles. The molecule has 222 valence electrons. The molecule has 0 spiro atoms. The van der Waals surface area contributed by atoms with E-state index in [-0.39, 0.29) is 16.5 Å².